The van der Waals surface area contributed by atoms with E-state index < -0.39 is 0 Å². The van der Waals surface area contributed by atoms with Crippen LogP contribution in [0.25, 0.3) is 0 Å². The summed E-state index contributed by atoms with van der Waals surface area (Å²) in [5.74, 6) is 1.58. The highest BCUT2D eigenvalue weighted by molar-refractivity contribution is 5.40. The number of hydrogen-bond acceptors (Lipinski definition) is 5. The SMILES string of the molecule is COCCN(CCO)CC1COc2ccccc2O1. The monoisotopic (exact) mass is 267 g/mol. The van der Waals surface area contributed by atoms with E-state index >= 15 is 0 Å². The number of hydrogen-bond donors (Lipinski definition) is 1. The molecule has 1 aliphatic heterocycles. The highest BCUT2D eigenvalue weighted by Crippen LogP contribution is 2.30. The number of aliphatic hydroxyl groups is 1. The van der Waals surface area contributed by atoms with Gasteiger partial charge in [-0.2, -0.15) is 0 Å². The molecule has 2 rings (SSSR count). The van der Waals surface area contributed by atoms with E-state index in [1.165, 1.54) is 0 Å². The molecule has 0 bridgehead atoms. The van der Waals surface area contributed by atoms with Gasteiger partial charge in [0.15, 0.2) is 11.5 Å². The van der Waals surface area contributed by atoms with Crippen LogP contribution in [0.3, 0.4) is 0 Å². The topological polar surface area (TPSA) is 51.2 Å². The lowest BCUT2D eigenvalue weighted by Gasteiger charge is -2.31. The first-order chi connectivity index (χ1) is 9.33. The van der Waals surface area contributed by atoms with Gasteiger partial charge < -0.3 is 19.3 Å². The van der Waals surface area contributed by atoms with Crippen LogP contribution in [-0.2, 0) is 4.74 Å². The average Bonchev–Trinajstić information content (AvgIpc) is 2.45. The summed E-state index contributed by atoms with van der Waals surface area (Å²) in [4.78, 5) is 2.12. The zero-order valence-corrected chi connectivity index (χ0v) is 11.2. The van der Waals surface area contributed by atoms with E-state index in [0.717, 1.165) is 24.6 Å². The second-order valence-corrected chi connectivity index (χ2v) is 4.51. The van der Waals surface area contributed by atoms with Gasteiger partial charge in [-0.1, -0.05) is 12.1 Å². The minimum Gasteiger partial charge on any atom is -0.486 e. The summed E-state index contributed by atoms with van der Waals surface area (Å²) < 4.78 is 16.6. The van der Waals surface area contributed by atoms with Crippen molar-refractivity contribution >= 4 is 0 Å². The van der Waals surface area contributed by atoms with Crippen LogP contribution >= 0.6 is 0 Å². The van der Waals surface area contributed by atoms with Crippen molar-refractivity contribution in [1.29, 1.82) is 0 Å². The van der Waals surface area contributed by atoms with Gasteiger partial charge in [0.05, 0.1) is 13.2 Å². The Morgan fingerprint density at radius 3 is 2.84 bits per heavy atom. The molecule has 106 valence electrons. The maximum Gasteiger partial charge on any atom is 0.161 e. The van der Waals surface area contributed by atoms with Gasteiger partial charge >= 0.3 is 0 Å². The molecule has 0 aromatic heterocycles. The minimum absolute atomic E-state index is 0.0155. The molecule has 1 aromatic rings. The molecule has 0 spiro atoms. The van der Waals surface area contributed by atoms with Crippen molar-refractivity contribution in [3.05, 3.63) is 24.3 Å². The van der Waals surface area contributed by atoms with Crippen molar-refractivity contribution in [2.45, 2.75) is 6.10 Å². The number of rotatable bonds is 7. The Hall–Kier alpha value is -1.30. The number of benzene rings is 1. The predicted octanol–water partition coefficient (Wildman–Crippen LogP) is 0.767. The summed E-state index contributed by atoms with van der Waals surface area (Å²) in [6.07, 6.45) is -0.0155. The van der Waals surface area contributed by atoms with E-state index in [1.54, 1.807) is 7.11 Å². The van der Waals surface area contributed by atoms with Crippen LogP contribution in [-0.4, -0.2) is 62.7 Å². The van der Waals surface area contributed by atoms with E-state index in [-0.39, 0.29) is 12.7 Å². The van der Waals surface area contributed by atoms with Crippen LogP contribution in [0.4, 0.5) is 0 Å². The highest BCUT2D eigenvalue weighted by Gasteiger charge is 2.22. The smallest absolute Gasteiger partial charge is 0.161 e. The van der Waals surface area contributed by atoms with Gasteiger partial charge in [0.2, 0.25) is 0 Å². The molecule has 1 N–H and O–H groups in total. The molecule has 0 radical (unpaired) electrons. The Bertz CT molecular complexity index is 385. The Kier molecular flexibility index (Phi) is 5.44. The first-order valence-electron chi connectivity index (χ1n) is 6.54. The summed E-state index contributed by atoms with van der Waals surface area (Å²) in [6.45, 7) is 3.42. The molecule has 0 fully saturated rings. The van der Waals surface area contributed by atoms with Gasteiger partial charge in [-0.05, 0) is 12.1 Å². The van der Waals surface area contributed by atoms with Gasteiger partial charge in [0, 0.05) is 26.7 Å². The second-order valence-electron chi connectivity index (χ2n) is 4.51. The minimum atomic E-state index is -0.0155. The Balaban J connectivity index is 1.88. The molecule has 5 heteroatoms. The molecule has 0 amide bonds. The number of para-hydroxylation sites is 2. The molecular weight excluding hydrogens is 246 g/mol. The molecule has 1 aliphatic rings. The van der Waals surface area contributed by atoms with Crippen molar-refractivity contribution in [3.63, 3.8) is 0 Å². The third-order valence-electron chi connectivity index (χ3n) is 3.06. The fourth-order valence-corrected chi connectivity index (χ4v) is 2.10. The van der Waals surface area contributed by atoms with Crippen LogP contribution in [0.1, 0.15) is 0 Å². The standard InChI is InChI=1S/C14H21NO4/c1-17-9-7-15(6-8-16)10-12-11-18-13-4-2-3-5-14(13)19-12/h2-5,12,16H,6-11H2,1H3. The fourth-order valence-electron chi connectivity index (χ4n) is 2.10. The normalized spacial score (nSPS) is 17.7. The average molecular weight is 267 g/mol. The molecule has 0 saturated heterocycles. The van der Waals surface area contributed by atoms with Crippen molar-refractivity contribution in [1.82, 2.24) is 4.90 Å². The summed E-state index contributed by atoms with van der Waals surface area (Å²) >= 11 is 0. The van der Waals surface area contributed by atoms with Crippen LogP contribution in [0.15, 0.2) is 24.3 Å². The van der Waals surface area contributed by atoms with E-state index in [4.69, 9.17) is 19.3 Å². The van der Waals surface area contributed by atoms with Gasteiger partial charge in [0.1, 0.15) is 12.7 Å². The predicted molar refractivity (Wildman–Crippen MR) is 71.8 cm³/mol. The Morgan fingerprint density at radius 2 is 2.11 bits per heavy atom. The fraction of sp³-hybridized carbons (Fsp3) is 0.571. The lowest BCUT2D eigenvalue weighted by Crippen LogP contribution is -2.43. The molecule has 19 heavy (non-hydrogen) atoms. The van der Waals surface area contributed by atoms with Crippen molar-refractivity contribution < 1.29 is 19.3 Å². The maximum atomic E-state index is 9.07. The number of ether oxygens (including phenoxy) is 3. The third kappa shape index (κ3) is 4.09. The van der Waals surface area contributed by atoms with Crippen LogP contribution in [0.5, 0.6) is 11.5 Å². The van der Waals surface area contributed by atoms with Crippen molar-refractivity contribution in [3.8, 4) is 11.5 Å². The van der Waals surface area contributed by atoms with E-state index in [9.17, 15) is 0 Å². The molecule has 1 aromatic carbocycles. The van der Waals surface area contributed by atoms with E-state index in [1.807, 2.05) is 24.3 Å². The maximum absolute atomic E-state index is 9.07. The van der Waals surface area contributed by atoms with Crippen molar-refractivity contribution in [2.75, 3.05) is 46.6 Å². The number of methoxy groups -OCH3 is 1. The van der Waals surface area contributed by atoms with Crippen LogP contribution < -0.4 is 9.47 Å². The molecule has 1 unspecified atom stereocenters. The lowest BCUT2D eigenvalue weighted by molar-refractivity contribution is 0.0443. The lowest BCUT2D eigenvalue weighted by atomic mass is 10.2. The zero-order valence-electron chi connectivity index (χ0n) is 11.2. The molecule has 0 aliphatic carbocycles. The van der Waals surface area contributed by atoms with E-state index in [0.29, 0.717) is 19.8 Å². The zero-order chi connectivity index (χ0) is 13.5. The molecule has 1 atom stereocenters. The van der Waals surface area contributed by atoms with Gasteiger partial charge in [0.25, 0.3) is 0 Å². The van der Waals surface area contributed by atoms with Crippen LogP contribution in [0, 0.1) is 0 Å². The van der Waals surface area contributed by atoms with E-state index in [2.05, 4.69) is 4.90 Å². The second kappa shape index (κ2) is 7.33. The first kappa shape index (κ1) is 14.1. The summed E-state index contributed by atoms with van der Waals surface area (Å²) in [7, 11) is 1.67. The van der Waals surface area contributed by atoms with Gasteiger partial charge in [-0.15, -0.1) is 0 Å². The largest absolute Gasteiger partial charge is 0.486 e. The number of fused-ring (bicyclic) bond motifs is 1. The summed E-state index contributed by atoms with van der Waals surface area (Å²) in [5.41, 5.74) is 0. The summed E-state index contributed by atoms with van der Waals surface area (Å²) in [5, 5.41) is 9.07. The summed E-state index contributed by atoms with van der Waals surface area (Å²) in [6, 6.07) is 7.68. The number of aliphatic hydroxyl groups excluding tert-OH is 1. The Morgan fingerprint density at radius 1 is 1.32 bits per heavy atom. The van der Waals surface area contributed by atoms with Gasteiger partial charge in [-0.3, -0.25) is 4.90 Å². The van der Waals surface area contributed by atoms with Crippen LogP contribution in [0.2, 0.25) is 0 Å². The first-order valence-corrected chi connectivity index (χ1v) is 6.54. The van der Waals surface area contributed by atoms with Gasteiger partial charge in [-0.25, -0.2) is 0 Å². The molecule has 1 heterocycles. The molecule has 0 saturated carbocycles. The highest BCUT2D eigenvalue weighted by atomic mass is 16.6. The Labute approximate surface area is 113 Å². The molecule has 5 nitrogen and oxygen atoms in total. The molecular formula is C14H21NO4. The number of nitrogens with zero attached hydrogens (tertiary/aromatic N) is 1. The van der Waals surface area contributed by atoms with Crippen molar-refractivity contribution in [2.24, 2.45) is 0 Å². The third-order valence-corrected chi connectivity index (χ3v) is 3.06. The quantitative estimate of drug-likeness (QED) is 0.790.